The molecule has 5 heteroatoms. The van der Waals surface area contributed by atoms with Crippen LogP contribution in [0.5, 0.6) is 0 Å². The summed E-state index contributed by atoms with van der Waals surface area (Å²) < 4.78 is 4.21. The molecule has 0 bridgehead atoms. The number of likely N-dealkylation sites (tertiary alicyclic amines) is 1. The van der Waals surface area contributed by atoms with E-state index in [9.17, 15) is 5.11 Å². The number of rotatable bonds is 2. The van der Waals surface area contributed by atoms with Gasteiger partial charge >= 0.3 is 0 Å². The van der Waals surface area contributed by atoms with Crippen LogP contribution in [-0.2, 0) is 6.54 Å². The van der Waals surface area contributed by atoms with Crippen LogP contribution in [0.3, 0.4) is 0 Å². The van der Waals surface area contributed by atoms with Crippen molar-refractivity contribution in [3.8, 4) is 0 Å². The zero-order valence-electron chi connectivity index (χ0n) is 7.60. The molecule has 1 aromatic rings. The molecule has 1 aliphatic rings. The Hall–Kier alpha value is -0.520. The predicted molar refractivity (Wildman–Crippen MR) is 50.5 cm³/mol. The van der Waals surface area contributed by atoms with Crippen LogP contribution in [0.2, 0.25) is 0 Å². The second-order valence-corrected chi connectivity index (χ2v) is 4.36. The Kier molecular flexibility index (Phi) is 2.57. The van der Waals surface area contributed by atoms with Crippen molar-refractivity contribution in [3.05, 3.63) is 10.8 Å². The molecular weight excluding hydrogens is 186 g/mol. The molecule has 1 N–H and O–H groups in total. The third-order valence-corrected chi connectivity index (χ3v) is 2.84. The first-order valence-electron chi connectivity index (χ1n) is 4.43. The van der Waals surface area contributed by atoms with Gasteiger partial charge in [0.2, 0.25) is 0 Å². The Bertz CT molecular complexity index is 289. The summed E-state index contributed by atoms with van der Waals surface area (Å²) in [6.45, 7) is 4.46. The van der Waals surface area contributed by atoms with Crippen LogP contribution in [0, 0.1) is 6.92 Å². The molecule has 0 amide bonds. The minimum Gasteiger partial charge on any atom is -0.392 e. The average Bonchev–Trinajstić information content (AvgIpc) is 2.62. The minimum atomic E-state index is -0.153. The number of β-amino-alcohol motifs (C(OH)–C–C–N with tert-alkyl or cyclic N) is 1. The van der Waals surface area contributed by atoms with Crippen LogP contribution in [0.25, 0.3) is 0 Å². The second-order valence-electron chi connectivity index (χ2n) is 3.41. The van der Waals surface area contributed by atoms with Gasteiger partial charge in [0, 0.05) is 13.1 Å². The molecule has 0 saturated carbocycles. The van der Waals surface area contributed by atoms with Gasteiger partial charge in [-0.1, -0.05) is 0 Å². The minimum absolute atomic E-state index is 0.153. The second kappa shape index (κ2) is 3.69. The number of aryl methyl sites for hydroxylation is 1. The molecule has 2 rings (SSSR count). The fourth-order valence-corrected chi connectivity index (χ4v) is 2.04. The van der Waals surface area contributed by atoms with Crippen LogP contribution in [0.15, 0.2) is 0 Å². The lowest BCUT2D eigenvalue weighted by molar-refractivity contribution is 0.174. The predicted octanol–water partition coefficient (Wildman–Crippen LogP) is 0.413. The van der Waals surface area contributed by atoms with E-state index in [2.05, 4.69) is 14.3 Å². The van der Waals surface area contributed by atoms with Gasteiger partial charge in [-0.15, -0.1) is 0 Å². The maximum atomic E-state index is 9.30. The van der Waals surface area contributed by atoms with E-state index in [0.29, 0.717) is 0 Å². The molecule has 0 radical (unpaired) electrons. The van der Waals surface area contributed by atoms with Crippen molar-refractivity contribution in [1.29, 1.82) is 0 Å². The summed E-state index contributed by atoms with van der Waals surface area (Å²) in [5.74, 6) is 0.886. The first-order valence-corrected chi connectivity index (χ1v) is 5.21. The summed E-state index contributed by atoms with van der Waals surface area (Å²) in [7, 11) is 0. The largest absolute Gasteiger partial charge is 0.392 e. The zero-order valence-corrected chi connectivity index (χ0v) is 8.42. The standard InChI is InChI=1S/C8H13N3OS/c1-6-9-8(10-13-6)5-11-3-2-7(12)4-11/h7,12H,2-5H2,1H3. The molecular formula is C8H13N3OS. The van der Waals surface area contributed by atoms with Crippen molar-refractivity contribution < 1.29 is 5.11 Å². The van der Waals surface area contributed by atoms with Crippen LogP contribution in [0.4, 0.5) is 0 Å². The molecule has 1 aliphatic heterocycles. The van der Waals surface area contributed by atoms with E-state index in [1.165, 1.54) is 11.5 Å². The van der Waals surface area contributed by atoms with Crippen LogP contribution in [-0.4, -0.2) is 38.6 Å². The van der Waals surface area contributed by atoms with Crippen molar-refractivity contribution in [2.24, 2.45) is 0 Å². The molecule has 72 valence electrons. The fraction of sp³-hybridized carbons (Fsp3) is 0.750. The van der Waals surface area contributed by atoms with Gasteiger partial charge in [0.15, 0.2) is 5.82 Å². The van der Waals surface area contributed by atoms with Gasteiger partial charge in [-0.25, -0.2) is 4.98 Å². The molecule has 1 unspecified atom stereocenters. The summed E-state index contributed by atoms with van der Waals surface area (Å²) >= 11 is 1.44. The molecule has 1 saturated heterocycles. The number of aliphatic hydroxyl groups excluding tert-OH is 1. The van der Waals surface area contributed by atoms with E-state index < -0.39 is 0 Å². The summed E-state index contributed by atoms with van der Waals surface area (Å²) in [5.41, 5.74) is 0. The first kappa shape index (κ1) is 9.05. The summed E-state index contributed by atoms with van der Waals surface area (Å²) in [4.78, 5) is 6.47. The van der Waals surface area contributed by atoms with E-state index in [1.54, 1.807) is 0 Å². The van der Waals surface area contributed by atoms with E-state index in [4.69, 9.17) is 0 Å². The Morgan fingerprint density at radius 3 is 3.08 bits per heavy atom. The maximum Gasteiger partial charge on any atom is 0.156 e. The molecule has 0 aromatic carbocycles. The molecule has 1 atom stereocenters. The molecule has 4 nitrogen and oxygen atoms in total. The van der Waals surface area contributed by atoms with Crippen molar-refractivity contribution in [2.45, 2.75) is 26.0 Å². The van der Waals surface area contributed by atoms with E-state index in [-0.39, 0.29) is 6.10 Å². The number of aliphatic hydroxyl groups is 1. The van der Waals surface area contributed by atoms with Crippen molar-refractivity contribution in [3.63, 3.8) is 0 Å². The van der Waals surface area contributed by atoms with Crippen molar-refractivity contribution in [2.75, 3.05) is 13.1 Å². The van der Waals surface area contributed by atoms with Gasteiger partial charge in [0.25, 0.3) is 0 Å². The van der Waals surface area contributed by atoms with E-state index >= 15 is 0 Å². The smallest absolute Gasteiger partial charge is 0.156 e. The number of nitrogens with zero attached hydrogens (tertiary/aromatic N) is 3. The summed E-state index contributed by atoms with van der Waals surface area (Å²) in [6, 6.07) is 0. The summed E-state index contributed by atoms with van der Waals surface area (Å²) in [5, 5.41) is 10.3. The molecule has 13 heavy (non-hydrogen) atoms. The molecule has 1 aromatic heterocycles. The zero-order chi connectivity index (χ0) is 9.26. The lowest BCUT2D eigenvalue weighted by atomic mass is 10.3. The molecule has 2 heterocycles. The van der Waals surface area contributed by atoms with Gasteiger partial charge < -0.3 is 5.11 Å². The van der Waals surface area contributed by atoms with Gasteiger partial charge in [0.1, 0.15) is 5.01 Å². The molecule has 0 spiro atoms. The van der Waals surface area contributed by atoms with Crippen LogP contribution < -0.4 is 0 Å². The van der Waals surface area contributed by atoms with Gasteiger partial charge in [-0.3, -0.25) is 4.90 Å². The highest BCUT2D eigenvalue weighted by Gasteiger charge is 2.20. The number of hydrogen-bond acceptors (Lipinski definition) is 5. The van der Waals surface area contributed by atoms with Crippen molar-refractivity contribution in [1.82, 2.24) is 14.3 Å². The van der Waals surface area contributed by atoms with Gasteiger partial charge in [-0.2, -0.15) is 4.37 Å². The highest BCUT2D eigenvalue weighted by atomic mass is 32.1. The lowest BCUT2D eigenvalue weighted by Crippen LogP contribution is -2.22. The lowest BCUT2D eigenvalue weighted by Gasteiger charge is -2.11. The first-order chi connectivity index (χ1) is 6.24. The van der Waals surface area contributed by atoms with E-state index in [0.717, 1.165) is 36.9 Å². The van der Waals surface area contributed by atoms with E-state index in [1.807, 2.05) is 6.92 Å². The Morgan fingerprint density at radius 1 is 1.69 bits per heavy atom. The monoisotopic (exact) mass is 199 g/mol. The normalized spacial score (nSPS) is 24.0. The average molecular weight is 199 g/mol. The Balaban J connectivity index is 1.91. The third-order valence-electron chi connectivity index (χ3n) is 2.18. The Morgan fingerprint density at radius 2 is 2.54 bits per heavy atom. The fourth-order valence-electron chi connectivity index (χ4n) is 1.56. The van der Waals surface area contributed by atoms with Gasteiger partial charge in [-0.05, 0) is 24.9 Å². The van der Waals surface area contributed by atoms with Gasteiger partial charge in [0.05, 0.1) is 12.6 Å². The maximum absolute atomic E-state index is 9.30. The quantitative estimate of drug-likeness (QED) is 0.749. The highest BCUT2D eigenvalue weighted by molar-refractivity contribution is 7.05. The summed E-state index contributed by atoms with van der Waals surface area (Å²) in [6.07, 6.45) is 0.725. The third kappa shape index (κ3) is 2.24. The molecule has 0 aliphatic carbocycles. The Labute approximate surface area is 81.4 Å². The molecule has 1 fully saturated rings. The number of hydrogen-bond donors (Lipinski definition) is 1. The highest BCUT2D eigenvalue weighted by Crippen LogP contribution is 2.12. The van der Waals surface area contributed by atoms with Crippen LogP contribution in [0.1, 0.15) is 17.3 Å². The van der Waals surface area contributed by atoms with Crippen LogP contribution >= 0.6 is 11.5 Å². The SMILES string of the molecule is Cc1nc(CN2CCC(O)C2)ns1. The number of aromatic nitrogens is 2. The van der Waals surface area contributed by atoms with Crippen molar-refractivity contribution >= 4 is 11.5 Å². The topological polar surface area (TPSA) is 49.2 Å².